The highest BCUT2D eigenvalue weighted by Crippen LogP contribution is 2.29. The fourth-order valence-electron chi connectivity index (χ4n) is 0.854. The van der Waals surface area contributed by atoms with Crippen molar-refractivity contribution in [2.75, 3.05) is 10.8 Å². The summed E-state index contributed by atoms with van der Waals surface area (Å²) in [5.41, 5.74) is 0.538. The van der Waals surface area contributed by atoms with Crippen LogP contribution < -0.4 is 5.32 Å². The summed E-state index contributed by atoms with van der Waals surface area (Å²) in [5.74, 6) is 0. The van der Waals surface area contributed by atoms with Gasteiger partial charge in [-0.05, 0) is 24.3 Å². The summed E-state index contributed by atoms with van der Waals surface area (Å²) < 4.78 is 36.2. The van der Waals surface area contributed by atoms with Crippen molar-refractivity contribution in [2.45, 2.75) is 6.18 Å². The summed E-state index contributed by atoms with van der Waals surface area (Å²) in [5, 5.41) is 2.84. The van der Waals surface area contributed by atoms with E-state index >= 15 is 0 Å². The SMILES string of the molecule is FC(F)(F)c1ccc(NCBr)cc1. The van der Waals surface area contributed by atoms with Gasteiger partial charge in [-0.15, -0.1) is 0 Å². The van der Waals surface area contributed by atoms with E-state index in [0.717, 1.165) is 12.1 Å². The van der Waals surface area contributed by atoms with Gasteiger partial charge in [-0.2, -0.15) is 13.2 Å². The third-order valence-electron chi connectivity index (χ3n) is 1.48. The van der Waals surface area contributed by atoms with Crippen molar-refractivity contribution in [3.05, 3.63) is 29.8 Å². The molecule has 1 aromatic rings. The van der Waals surface area contributed by atoms with Crippen LogP contribution in [0.3, 0.4) is 0 Å². The number of benzene rings is 1. The Morgan fingerprint density at radius 3 is 2.08 bits per heavy atom. The van der Waals surface area contributed by atoms with Gasteiger partial charge in [0.2, 0.25) is 0 Å². The molecular formula is C8H7BrF3N. The van der Waals surface area contributed by atoms with Gasteiger partial charge in [0, 0.05) is 5.69 Å². The summed E-state index contributed by atoms with van der Waals surface area (Å²) in [6.07, 6.45) is -4.26. The second-order valence-corrected chi connectivity index (χ2v) is 2.95. The van der Waals surface area contributed by atoms with Gasteiger partial charge >= 0.3 is 6.18 Å². The summed E-state index contributed by atoms with van der Waals surface area (Å²) in [6, 6.07) is 4.88. The molecule has 0 bridgehead atoms. The van der Waals surface area contributed by atoms with Crippen molar-refractivity contribution in [2.24, 2.45) is 0 Å². The van der Waals surface area contributed by atoms with Gasteiger partial charge in [0.05, 0.1) is 11.0 Å². The van der Waals surface area contributed by atoms with Crippen LogP contribution in [0, 0.1) is 0 Å². The Morgan fingerprint density at radius 1 is 1.15 bits per heavy atom. The van der Waals surface area contributed by atoms with Gasteiger partial charge in [-0.3, -0.25) is 0 Å². The molecule has 0 saturated carbocycles. The summed E-state index contributed by atoms with van der Waals surface area (Å²) in [4.78, 5) is 0. The third kappa shape index (κ3) is 2.91. The first kappa shape index (κ1) is 10.4. The van der Waals surface area contributed by atoms with E-state index in [9.17, 15) is 13.2 Å². The van der Waals surface area contributed by atoms with E-state index in [4.69, 9.17) is 0 Å². The highest BCUT2D eigenvalue weighted by Gasteiger charge is 2.29. The first-order valence-corrected chi connectivity index (χ1v) is 4.63. The molecule has 0 heterocycles. The lowest BCUT2D eigenvalue weighted by Gasteiger charge is -2.07. The fraction of sp³-hybridized carbons (Fsp3) is 0.250. The van der Waals surface area contributed by atoms with Gasteiger partial charge in [0.1, 0.15) is 0 Å². The highest BCUT2D eigenvalue weighted by atomic mass is 79.9. The molecule has 0 fully saturated rings. The Balaban J connectivity index is 2.81. The number of halogens is 4. The summed E-state index contributed by atoms with van der Waals surface area (Å²) in [7, 11) is 0. The van der Waals surface area contributed by atoms with Crippen LogP contribution >= 0.6 is 15.9 Å². The lowest BCUT2D eigenvalue weighted by atomic mass is 10.2. The molecule has 0 aliphatic rings. The van der Waals surface area contributed by atoms with E-state index in [1.54, 1.807) is 0 Å². The molecule has 1 nitrogen and oxygen atoms in total. The number of nitrogens with one attached hydrogen (secondary N) is 1. The summed E-state index contributed by atoms with van der Waals surface area (Å²) in [6.45, 7) is 0. The van der Waals surface area contributed by atoms with E-state index < -0.39 is 11.7 Å². The van der Waals surface area contributed by atoms with E-state index in [-0.39, 0.29) is 0 Å². The first-order chi connectivity index (χ1) is 6.04. The predicted molar refractivity (Wildman–Crippen MR) is 48.9 cm³/mol. The minimum atomic E-state index is -4.26. The average molecular weight is 254 g/mol. The van der Waals surface area contributed by atoms with Crippen LogP contribution in [-0.2, 0) is 6.18 Å². The predicted octanol–water partition coefficient (Wildman–Crippen LogP) is 3.47. The van der Waals surface area contributed by atoms with Crippen molar-refractivity contribution in [1.82, 2.24) is 0 Å². The van der Waals surface area contributed by atoms with Crippen LogP contribution in [0.1, 0.15) is 5.56 Å². The molecule has 0 aliphatic carbocycles. The lowest BCUT2D eigenvalue weighted by Crippen LogP contribution is -2.04. The van der Waals surface area contributed by atoms with Gasteiger partial charge in [-0.1, -0.05) is 15.9 Å². The Kier molecular flexibility index (Phi) is 3.19. The molecule has 5 heteroatoms. The number of alkyl halides is 4. The smallest absolute Gasteiger partial charge is 0.375 e. The van der Waals surface area contributed by atoms with E-state index in [0.29, 0.717) is 11.1 Å². The monoisotopic (exact) mass is 253 g/mol. The molecule has 0 amide bonds. The summed E-state index contributed by atoms with van der Waals surface area (Å²) >= 11 is 3.11. The van der Waals surface area contributed by atoms with Crippen molar-refractivity contribution >= 4 is 21.6 Å². The largest absolute Gasteiger partial charge is 0.416 e. The van der Waals surface area contributed by atoms with Crippen LogP contribution in [0.4, 0.5) is 18.9 Å². The van der Waals surface area contributed by atoms with Gasteiger partial charge < -0.3 is 5.32 Å². The zero-order chi connectivity index (χ0) is 9.90. The van der Waals surface area contributed by atoms with Crippen molar-refractivity contribution in [3.63, 3.8) is 0 Å². The quantitative estimate of drug-likeness (QED) is 0.629. The molecule has 0 spiro atoms. The topological polar surface area (TPSA) is 12.0 Å². The molecule has 0 aliphatic heterocycles. The normalized spacial score (nSPS) is 11.4. The zero-order valence-electron chi connectivity index (χ0n) is 6.53. The number of hydrogen-bond donors (Lipinski definition) is 1. The molecule has 13 heavy (non-hydrogen) atoms. The fourth-order valence-corrected chi connectivity index (χ4v) is 1.18. The van der Waals surface area contributed by atoms with Crippen LogP contribution in [0.15, 0.2) is 24.3 Å². The van der Waals surface area contributed by atoms with Crippen molar-refractivity contribution in [1.29, 1.82) is 0 Å². The molecule has 1 N–H and O–H groups in total. The maximum atomic E-state index is 12.1. The third-order valence-corrected chi connectivity index (χ3v) is 1.76. The minimum absolute atomic E-state index is 0.512. The number of rotatable bonds is 2. The van der Waals surface area contributed by atoms with E-state index in [1.807, 2.05) is 0 Å². The second-order valence-electron chi connectivity index (χ2n) is 2.39. The van der Waals surface area contributed by atoms with Gasteiger partial charge in [0.25, 0.3) is 0 Å². The lowest BCUT2D eigenvalue weighted by molar-refractivity contribution is -0.137. The Bertz CT molecular complexity index is 268. The Labute approximate surface area is 82.1 Å². The van der Waals surface area contributed by atoms with Crippen LogP contribution in [0.5, 0.6) is 0 Å². The van der Waals surface area contributed by atoms with Crippen LogP contribution in [0.2, 0.25) is 0 Å². The highest BCUT2D eigenvalue weighted by molar-refractivity contribution is 9.09. The molecule has 1 aromatic carbocycles. The number of hydrogen-bond acceptors (Lipinski definition) is 1. The number of anilines is 1. The van der Waals surface area contributed by atoms with E-state index in [2.05, 4.69) is 21.2 Å². The molecule has 0 atom stereocenters. The van der Waals surface area contributed by atoms with Crippen molar-refractivity contribution in [3.8, 4) is 0 Å². The van der Waals surface area contributed by atoms with Gasteiger partial charge in [0.15, 0.2) is 0 Å². The molecule has 0 saturated heterocycles. The minimum Gasteiger partial charge on any atom is -0.375 e. The Hall–Kier alpha value is -0.710. The van der Waals surface area contributed by atoms with Crippen molar-refractivity contribution < 1.29 is 13.2 Å². The molecule has 72 valence electrons. The molecule has 0 radical (unpaired) electrons. The maximum Gasteiger partial charge on any atom is 0.416 e. The van der Waals surface area contributed by atoms with Crippen LogP contribution in [0.25, 0.3) is 0 Å². The second kappa shape index (κ2) is 4.00. The van der Waals surface area contributed by atoms with Gasteiger partial charge in [-0.25, -0.2) is 0 Å². The average Bonchev–Trinajstić information content (AvgIpc) is 2.04. The van der Waals surface area contributed by atoms with Crippen LogP contribution in [-0.4, -0.2) is 5.45 Å². The maximum absolute atomic E-state index is 12.1. The molecule has 0 unspecified atom stereocenters. The first-order valence-electron chi connectivity index (χ1n) is 3.51. The van der Waals surface area contributed by atoms with E-state index in [1.165, 1.54) is 12.1 Å². The molecule has 1 rings (SSSR count). The standard InChI is InChI=1S/C8H7BrF3N/c9-5-13-7-3-1-6(2-4-7)8(10,11)12/h1-4,13H,5H2. The Morgan fingerprint density at radius 2 is 1.69 bits per heavy atom. The zero-order valence-corrected chi connectivity index (χ0v) is 8.11. The molecule has 0 aromatic heterocycles. The molecular weight excluding hydrogens is 247 g/mol.